The van der Waals surface area contributed by atoms with Gasteiger partial charge in [0.05, 0.1) is 11.4 Å². The number of carbonyl (C=O) groups is 2. The molecule has 6 nitrogen and oxygen atoms in total. The van der Waals surface area contributed by atoms with Gasteiger partial charge in [0.2, 0.25) is 11.8 Å². The zero-order chi connectivity index (χ0) is 20.0. The number of halogens is 1. The van der Waals surface area contributed by atoms with Crippen molar-refractivity contribution >= 4 is 17.6 Å². The summed E-state index contributed by atoms with van der Waals surface area (Å²) >= 11 is 0. The van der Waals surface area contributed by atoms with Crippen LogP contribution in [0.3, 0.4) is 0 Å². The first kappa shape index (κ1) is 20.6. The van der Waals surface area contributed by atoms with Crippen molar-refractivity contribution in [2.45, 2.75) is 52.4 Å². The molecule has 0 fully saturated rings. The summed E-state index contributed by atoms with van der Waals surface area (Å²) in [4.78, 5) is 24.0. The highest BCUT2D eigenvalue weighted by Crippen LogP contribution is 2.26. The van der Waals surface area contributed by atoms with Crippen molar-refractivity contribution in [3.05, 3.63) is 41.8 Å². The highest BCUT2D eigenvalue weighted by atomic mass is 19.1. The van der Waals surface area contributed by atoms with E-state index < -0.39 is 0 Å². The third-order valence-corrected chi connectivity index (χ3v) is 3.97. The van der Waals surface area contributed by atoms with E-state index in [2.05, 4.69) is 15.7 Å². The summed E-state index contributed by atoms with van der Waals surface area (Å²) in [5.41, 5.74) is 1.22. The summed E-state index contributed by atoms with van der Waals surface area (Å²) in [5.74, 6) is -0.268. The van der Waals surface area contributed by atoms with Gasteiger partial charge in [0, 0.05) is 30.9 Å². The maximum absolute atomic E-state index is 13.2. The monoisotopic (exact) mass is 374 g/mol. The number of amides is 2. The average Bonchev–Trinajstić information content (AvgIpc) is 3.03. The molecule has 0 aliphatic carbocycles. The molecule has 0 saturated heterocycles. The predicted octanol–water partition coefficient (Wildman–Crippen LogP) is 3.55. The molecule has 146 valence electrons. The molecule has 0 radical (unpaired) electrons. The summed E-state index contributed by atoms with van der Waals surface area (Å²) in [6, 6.07) is 7.69. The minimum Gasteiger partial charge on any atom is -0.356 e. The fraction of sp³-hybridized carbons (Fsp3) is 0.450. The van der Waals surface area contributed by atoms with Gasteiger partial charge in [0.25, 0.3) is 0 Å². The van der Waals surface area contributed by atoms with E-state index in [9.17, 15) is 14.0 Å². The van der Waals surface area contributed by atoms with Gasteiger partial charge in [-0.05, 0) is 30.7 Å². The average molecular weight is 374 g/mol. The van der Waals surface area contributed by atoms with Crippen LogP contribution in [0.2, 0.25) is 0 Å². The molecule has 2 N–H and O–H groups in total. The quantitative estimate of drug-likeness (QED) is 0.778. The van der Waals surface area contributed by atoms with Gasteiger partial charge < -0.3 is 10.6 Å². The Balaban J connectivity index is 2.17. The fourth-order valence-corrected chi connectivity index (χ4v) is 2.40. The van der Waals surface area contributed by atoms with Crippen LogP contribution in [-0.4, -0.2) is 28.1 Å². The van der Waals surface area contributed by atoms with Crippen LogP contribution in [0.4, 0.5) is 10.2 Å². The van der Waals surface area contributed by atoms with Gasteiger partial charge in [0.15, 0.2) is 0 Å². The van der Waals surface area contributed by atoms with E-state index in [0.717, 1.165) is 12.1 Å². The van der Waals surface area contributed by atoms with Gasteiger partial charge in [-0.2, -0.15) is 5.10 Å². The summed E-state index contributed by atoms with van der Waals surface area (Å²) in [6.07, 6.45) is 1.06. The van der Waals surface area contributed by atoms with Crippen molar-refractivity contribution in [1.29, 1.82) is 0 Å². The first-order valence-electron chi connectivity index (χ1n) is 9.13. The molecule has 0 aliphatic rings. The molecule has 1 heterocycles. The van der Waals surface area contributed by atoms with Crippen molar-refractivity contribution in [2.24, 2.45) is 0 Å². The zero-order valence-corrected chi connectivity index (χ0v) is 16.3. The molecule has 0 saturated carbocycles. The van der Waals surface area contributed by atoms with E-state index in [4.69, 9.17) is 0 Å². The number of nitrogens with one attached hydrogen (secondary N) is 2. The van der Waals surface area contributed by atoms with Crippen LogP contribution < -0.4 is 10.6 Å². The second kappa shape index (κ2) is 8.79. The Bertz CT molecular complexity index is 791. The molecule has 0 aliphatic heterocycles. The largest absolute Gasteiger partial charge is 0.356 e. The van der Waals surface area contributed by atoms with Gasteiger partial charge in [-0.3, -0.25) is 9.59 Å². The van der Waals surface area contributed by atoms with E-state index in [1.807, 2.05) is 27.7 Å². The van der Waals surface area contributed by atoms with Crippen molar-refractivity contribution in [3.63, 3.8) is 0 Å². The molecular weight excluding hydrogens is 347 g/mol. The third kappa shape index (κ3) is 5.91. The Kier molecular flexibility index (Phi) is 6.71. The van der Waals surface area contributed by atoms with Crippen molar-refractivity contribution < 1.29 is 14.0 Å². The van der Waals surface area contributed by atoms with E-state index in [1.54, 1.807) is 22.9 Å². The SMILES string of the molecule is CCCNC(=O)CCC(=O)Nc1cc(C(C)(C)C)nn1-c1ccc(F)cc1. The molecule has 1 aromatic heterocycles. The number of hydrogen-bond donors (Lipinski definition) is 2. The Morgan fingerprint density at radius 1 is 1.11 bits per heavy atom. The smallest absolute Gasteiger partial charge is 0.226 e. The van der Waals surface area contributed by atoms with Gasteiger partial charge in [-0.25, -0.2) is 9.07 Å². The molecule has 0 unspecified atom stereocenters. The lowest BCUT2D eigenvalue weighted by Crippen LogP contribution is -2.25. The minimum atomic E-state index is -0.342. The van der Waals surface area contributed by atoms with Crippen molar-refractivity contribution in [1.82, 2.24) is 15.1 Å². The standard InChI is InChI=1S/C20H27FN4O2/c1-5-12-22-18(26)10-11-19(27)23-17-13-16(20(2,3)4)24-25(17)15-8-6-14(21)7-9-15/h6-9,13H,5,10-12H2,1-4H3,(H,22,26)(H,23,27). The number of nitrogens with zero attached hydrogens (tertiary/aromatic N) is 2. The van der Waals surface area contributed by atoms with Gasteiger partial charge >= 0.3 is 0 Å². The number of carbonyl (C=O) groups excluding carboxylic acids is 2. The molecule has 0 atom stereocenters. The Labute approximate surface area is 159 Å². The highest BCUT2D eigenvalue weighted by molar-refractivity contribution is 5.92. The Morgan fingerprint density at radius 2 is 1.74 bits per heavy atom. The molecule has 2 amide bonds. The topological polar surface area (TPSA) is 76.0 Å². The first-order valence-corrected chi connectivity index (χ1v) is 9.13. The molecule has 1 aromatic carbocycles. The Morgan fingerprint density at radius 3 is 2.33 bits per heavy atom. The number of rotatable bonds is 7. The van der Waals surface area contributed by atoms with Gasteiger partial charge in [-0.1, -0.05) is 27.7 Å². The molecule has 0 spiro atoms. The predicted molar refractivity (Wildman–Crippen MR) is 103 cm³/mol. The van der Waals surface area contributed by atoms with Crippen LogP contribution >= 0.6 is 0 Å². The van der Waals surface area contributed by atoms with Crippen LogP contribution in [0, 0.1) is 5.82 Å². The molecule has 2 rings (SSSR count). The van der Waals surface area contributed by atoms with Gasteiger partial charge in [-0.15, -0.1) is 0 Å². The number of anilines is 1. The van der Waals surface area contributed by atoms with Crippen LogP contribution in [0.15, 0.2) is 30.3 Å². The van der Waals surface area contributed by atoms with Crippen molar-refractivity contribution in [2.75, 3.05) is 11.9 Å². The van der Waals surface area contributed by atoms with E-state index in [1.165, 1.54) is 12.1 Å². The molecule has 27 heavy (non-hydrogen) atoms. The lowest BCUT2D eigenvalue weighted by Gasteiger charge is -2.14. The maximum atomic E-state index is 13.2. The molecule has 0 bridgehead atoms. The molecule has 7 heteroatoms. The Hall–Kier alpha value is -2.70. The molecular formula is C20H27FN4O2. The van der Waals surface area contributed by atoms with E-state index in [0.29, 0.717) is 18.1 Å². The normalized spacial score (nSPS) is 11.3. The van der Waals surface area contributed by atoms with Crippen LogP contribution in [0.5, 0.6) is 0 Å². The number of aromatic nitrogens is 2. The summed E-state index contributed by atoms with van der Waals surface area (Å²) in [7, 11) is 0. The second-order valence-electron chi connectivity index (χ2n) is 7.45. The van der Waals surface area contributed by atoms with Crippen LogP contribution in [0.25, 0.3) is 5.69 Å². The lowest BCUT2D eigenvalue weighted by molar-refractivity contribution is -0.124. The first-order chi connectivity index (χ1) is 12.7. The second-order valence-corrected chi connectivity index (χ2v) is 7.45. The third-order valence-electron chi connectivity index (χ3n) is 3.97. The van der Waals surface area contributed by atoms with E-state index >= 15 is 0 Å². The molecule has 2 aromatic rings. The van der Waals surface area contributed by atoms with Crippen molar-refractivity contribution in [3.8, 4) is 5.69 Å². The number of hydrogen-bond acceptors (Lipinski definition) is 3. The maximum Gasteiger partial charge on any atom is 0.226 e. The summed E-state index contributed by atoms with van der Waals surface area (Å²) in [6.45, 7) is 8.64. The summed E-state index contributed by atoms with van der Waals surface area (Å²) < 4.78 is 14.8. The minimum absolute atomic E-state index is 0.0784. The van der Waals surface area contributed by atoms with E-state index in [-0.39, 0.29) is 35.9 Å². The highest BCUT2D eigenvalue weighted by Gasteiger charge is 2.21. The fourth-order valence-electron chi connectivity index (χ4n) is 2.40. The number of benzene rings is 1. The summed E-state index contributed by atoms with van der Waals surface area (Å²) in [5, 5.41) is 10.1. The van der Waals surface area contributed by atoms with Gasteiger partial charge in [0.1, 0.15) is 11.6 Å². The lowest BCUT2D eigenvalue weighted by atomic mass is 9.92. The van der Waals surface area contributed by atoms with Crippen LogP contribution in [0.1, 0.15) is 52.7 Å². The van der Waals surface area contributed by atoms with Crippen LogP contribution in [-0.2, 0) is 15.0 Å². The zero-order valence-electron chi connectivity index (χ0n) is 16.3.